The van der Waals surface area contributed by atoms with Gasteiger partial charge in [-0.15, -0.1) is 0 Å². The van der Waals surface area contributed by atoms with E-state index >= 15 is 0 Å². The SMILES string of the molecule is COc1cc2nn(C3CCOCC3)cc2cc1CC(=O)c1cccc(C(F)F)n1. The molecule has 3 heterocycles. The van der Waals surface area contributed by atoms with Crippen molar-refractivity contribution in [2.45, 2.75) is 31.7 Å². The lowest BCUT2D eigenvalue weighted by Crippen LogP contribution is -2.19. The van der Waals surface area contributed by atoms with E-state index in [1.165, 1.54) is 25.3 Å². The quantitative estimate of drug-likeness (QED) is 0.581. The summed E-state index contributed by atoms with van der Waals surface area (Å²) in [5.41, 5.74) is 1.06. The largest absolute Gasteiger partial charge is 0.496 e. The van der Waals surface area contributed by atoms with E-state index in [1.807, 2.05) is 16.9 Å². The van der Waals surface area contributed by atoms with Gasteiger partial charge in [0.15, 0.2) is 5.78 Å². The highest BCUT2D eigenvalue weighted by atomic mass is 19.3. The zero-order chi connectivity index (χ0) is 20.4. The van der Waals surface area contributed by atoms with Gasteiger partial charge in [-0.1, -0.05) is 6.07 Å². The van der Waals surface area contributed by atoms with Gasteiger partial charge in [-0.3, -0.25) is 9.48 Å². The average molecular weight is 401 g/mol. The number of methoxy groups -OCH3 is 1. The molecule has 0 aliphatic carbocycles. The van der Waals surface area contributed by atoms with E-state index in [2.05, 4.69) is 10.1 Å². The van der Waals surface area contributed by atoms with Gasteiger partial charge in [-0.25, -0.2) is 13.8 Å². The smallest absolute Gasteiger partial charge is 0.280 e. The molecule has 0 unspecified atom stereocenters. The van der Waals surface area contributed by atoms with Crippen LogP contribution in [0, 0.1) is 0 Å². The first-order valence-corrected chi connectivity index (χ1v) is 9.47. The number of alkyl halides is 2. The Hall–Kier alpha value is -2.87. The fourth-order valence-corrected chi connectivity index (χ4v) is 3.58. The number of Topliss-reactive ketones (excluding diaryl/α,β-unsaturated/α-hetero) is 1. The van der Waals surface area contributed by atoms with Gasteiger partial charge in [0.1, 0.15) is 17.1 Å². The van der Waals surface area contributed by atoms with Gasteiger partial charge < -0.3 is 9.47 Å². The second kappa shape index (κ2) is 8.24. The molecule has 1 aliphatic heterocycles. The van der Waals surface area contributed by atoms with E-state index in [0.29, 0.717) is 24.5 Å². The number of ether oxygens (including phenoxy) is 2. The third-order valence-electron chi connectivity index (χ3n) is 5.12. The maximum absolute atomic E-state index is 12.9. The van der Waals surface area contributed by atoms with Crippen molar-refractivity contribution >= 4 is 16.7 Å². The van der Waals surface area contributed by atoms with Crippen molar-refractivity contribution in [2.75, 3.05) is 20.3 Å². The minimum absolute atomic E-state index is 0.00124. The molecule has 0 N–H and O–H groups in total. The van der Waals surface area contributed by atoms with E-state index in [-0.39, 0.29) is 23.9 Å². The number of benzene rings is 1. The number of nitrogens with zero attached hydrogens (tertiary/aromatic N) is 3. The van der Waals surface area contributed by atoms with Crippen LogP contribution < -0.4 is 4.74 Å². The molecule has 1 aromatic carbocycles. The molecule has 8 heteroatoms. The van der Waals surface area contributed by atoms with Crippen LogP contribution in [0.3, 0.4) is 0 Å². The van der Waals surface area contributed by atoms with Crippen LogP contribution in [0.15, 0.2) is 36.5 Å². The van der Waals surface area contributed by atoms with E-state index in [4.69, 9.17) is 9.47 Å². The number of carbonyl (C=O) groups excluding carboxylic acids is 1. The molecule has 6 nitrogen and oxygen atoms in total. The van der Waals surface area contributed by atoms with Crippen molar-refractivity contribution in [3.63, 3.8) is 0 Å². The van der Waals surface area contributed by atoms with E-state index in [1.54, 1.807) is 6.07 Å². The number of ketones is 1. The van der Waals surface area contributed by atoms with Crippen molar-refractivity contribution in [3.05, 3.63) is 53.5 Å². The molecule has 0 saturated carbocycles. The number of fused-ring (bicyclic) bond motifs is 1. The Morgan fingerprint density at radius 3 is 2.83 bits per heavy atom. The molecule has 0 spiro atoms. The second-order valence-electron chi connectivity index (χ2n) is 7.02. The summed E-state index contributed by atoms with van der Waals surface area (Å²) in [7, 11) is 1.53. The highest BCUT2D eigenvalue weighted by Gasteiger charge is 2.20. The van der Waals surface area contributed by atoms with Gasteiger partial charge in [-0.2, -0.15) is 5.10 Å². The molecule has 29 heavy (non-hydrogen) atoms. The normalized spacial score (nSPS) is 15.2. The van der Waals surface area contributed by atoms with Crippen LogP contribution in [0.1, 0.15) is 47.1 Å². The highest BCUT2D eigenvalue weighted by molar-refractivity contribution is 5.97. The Morgan fingerprint density at radius 2 is 2.10 bits per heavy atom. The summed E-state index contributed by atoms with van der Waals surface area (Å²) in [6, 6.07) is 8.03. The number of hydrogen-bond acceptors (Lipinski definition) is 5. The number of halogens is 2. The summed E-state index contributed by atoms with van der Waals surface area (Å²) < 4.78 is 38.6. The van der Waals surface area contributed by atoms with Crippen LogP contribution in [0.4, 0.5) is 8.78 Å². The van der Waals surface area contributed by atoms with Crippen LogP contribution >= 0.6 is 0 Å². The third kappa shape index (κ3) is 4.12. The molecule has 2 aromatic heterocycles. The third-order valence-corrected chi connectivity index (χ3v) is 5.12. The lowest BCUT2D eigenvalue weighted by atomic mass is 10.0. The van der Waals surface area contributed by atoms with Crippen LogP contribution in [-0.2, 0) is 11.2 Å². The zero-order valence-corrected chi connectivity index (χ0v) is 16.0. The molecule has 3 aromatic rings. The lowest BCUT2D eigenvalue weighted by molar-refractivity contribution is 0.0664. The molecule has 0 amide bonds. The highest BCUT2D eigenvalue weighted by Crippen LogP contribution is 2.29. The number of carbonyl (C=O) groups is 1. The molecule has 0 bridgehead atoms. The van der Waals surface area contributed by atoms with Crippen molar-refractivity contribution in [3.8, 4) is 5.75 Å². The minimum Gasteiger partial charge on any atom is -0.496 e. The van der Waals surface area contributed by atoms with Crippen LogP contribution in [0.2, 0.25) is 0 Å². The molecule has 1 fully saturated rings. The maximum atomic E-state index is 12.9. The van der Waals surface area contributed by atoms with Gasteiger partial charge in [0, 0.05) is 42.8 Å². The number of pyridine rings is 1. The molecule has 4 rings (SSSR count). The summed E-state index contributed by atoms with van der Waals surface area (Å²) in [5, 5.41) is 5.55. The van der Waals surface area contributed by atoms with Gasteiger partial charge in [0.25, 0.3) is 6.43 Å². The number of aromatic nitrogens is 3. The molecule has 1 saturated heterocycles. The second-order valence-corrected chi connectivity index (χ2v) is 7.02. The van der Waals surface area contributed by atoms with Gasteiger partial charge in [0.05, 0.1) is 18.7 Å². The predicted molar refractivity (Wildman–Crippen MR) is 103 cm³/mol. The minimum atomic E-state index is -2.72. The number of hydrogen-bond donors (Lipinski definition) is 0. The van der Waals surface area contributed by atoms with Crippen molar-refractivity contribution < 1.29 is 23.0 Å². The Bertz CT molecular complexity index is 1030. The summed E-state index contributed by atoms with van der Waals surface area (Å²) in [4.78, 5) is 16.4. The van der Waals surface area contributed by atoms with Gasteiger partial charge >= 0.3 is 0 Å². The maximum Gasteiger partial charge on any atom is 0.280 e. The first-order valence-electron chi connectivity index (χ1n) is 9.47. The summed E-state index contributed by atoms with van der Waals surface area (Å²) >= 11 is 0. The van der Waals surface area contributed by atoms with Crippen LogP contribution in [-0.4, -0.2) is 40.9 Å². The lowest BCUT2D eigenvalue weighted by Gasteiger charge is -2.22. The number of rotatable bonds is 6. The van der Waals surface area contributed by atoms with Crippen molar-refractivity contribution in [1.82, 2.24) is 14.8 Å². The molecule has 0 radical (unpaired) electrons. The van der Waals surface area contributed by atoms with Crippen LogP contribution in [0.25, 0.3) is 10.9 Å². The summed E-state index contributed by atoms with van der Waals surface area (Å²) in [6.45, 7) is 1.43. The standard InChI is InChI=1S/C21H21F2N3O3/c1-28-20-11-18-14(12-26(25-18)15-5-7-29-8-6-15)9-13(20)10-19(27)16-3-2-4-17(24-16)21(22)23/h2-4,9,11-12,15,21H,5-8,10H2,1H3. The summed E-state index contributed by atoms with van der Waals surface area (Å²) in [5.74, 6) is 0.190. The fourth-order valence-electron chi connectivity index (χ4n) is 3.58. The van der Waals surface area contributed by atoms with Gasteiger partial charge in [-0.05, 0) is 31.0 Å². The van der Waals surface area contributed by atoms with Crippen molar-refractivity contribution in [1.29, 1.82) is 0 Å². The zero-order valence-electron chi connectivity index (χ0n) is 16.0. The molecule has 1 aliphatic rings. The topological polar surface area (TPSA) is 66.2 Å². The van der Waals surface area contributed by atoms with E-state index < -0.39 is 12.1 Å². The Morgan fingerprint density at radius 1 is 1.31 bits per heavy atom. The fraction of sp³-hybridized carbons (Fsp3) is 0.381. The first kappa shape index (κ1) is 19.4. The van der Waals surface area contributed by atoms with E-state index in [9.17, 15) is 13.6 Å². The van der Waals surface area contributed by atoms with E-state index in [0.717, 1.165) is 23.7 Å². The molecule has 152 valence electrons. The average Bonchev–Trinajstić information content (AvgIpc) is 3.16. The predicted octanol–water partition coefficient (Wildman–Crippen LogP) is 4.15. The monoisotopic (exact) mass is 401 g/mol. The van der Waals surface area contributed by atoms with Crippen molar-refractivity contribution in [2.24, 2.45) is 0 Å². The van der Waals surface area contributed by atoms with Crippen LogP contribution in [0.5, 0.6) is 5.75 Å². The molecule has 0 atom stereocenters. The Balaban J connectivity index is 1.62. The molecular weight excluding hydrogens is 380 g/mol. The Kier molecular flexibility index (Phi) is 5.53. The summed E-state index contributed by atoms with van der Waals surface area (Å²) in [6.07, 6.45) is 1.06. The Labute approximate surface area is 166 Å². The first-order chi connectivity index (χ1) is 14.0. The van der Waals surface area contributed by atoms with Gasteiger partial charge in [0.2, 0.25) is 0 Å². The molecular formula is C21H21F2N3O3.